The number of carbonyl (C=O) groups is 1. The van der Waals surface area contributed by atoms with Crippen molar-refractivity contribution < 1.29 is 27.8 Å². The van der Waals surface area contributed by atoms with Gasteiger partial charge in [-0.3, -0.25) is 0 Å². The smallest absolute Gasteiger partial charge is 0.371 e. The van der Waals surface area contributed by atoms with Crippen LogP contribution in [0, 0.1) is 0 Å². The van der Waals surface area contributed by atoms with E-state index in [1.54, 1.807) is 6.92 Å². The molecule has 0 radical (unpaired) electrons. The minimum absolute atomic E-state index is 0.0293. The molecule has 19 heavy (non-hydrogen) atoms. The Morgan fingerprint density at radius 3 is 2.68 bits per heavy atom. The SMILES string of the molecule is CC1(O)CCCN(S(=O)(=O)c2ccc(C(=O)O)o2)C1. The molecule has 0 aromatic carbocycles. The van der Waals surface area contributed by atoms with E-state index in [4.69, 9.17) is 9.52 Å². The Hall–Kier alpha value is -1.38. The van der Waals surface area contributed by atoms with Gasteiger partial charge >= 0.3 is 5.97 Å². The fourth-order valence-electron chi connectivity index (χ4n) is 2.08. The second-order valence-electron chi connectivity index (χ2n) is 4.86. The van der Waals surface area contributed by atoms with Gasteiger partial charge in [0.15, 0.2) is 0 Å². The molecular formula is C11H15NO6S. The predicted molar refractivity (Wildman–Crippen MR) is 64.3 cm³/mol. The monoisotopic (exact) mass is 289 g/mol. The van der Waals surface area contributed by atoms with E-state index in [0.29, 0.717) is 12.8 Å². The molecule has 0 aliphatic carbocycles. The summed E-state index contributed by atoms with van der Waals surface area (Å²) in [5.74, 6) is -1.76. The maximum absolute atomic E-state index is 12.2. The summed E-state index contributed by atoms with van der Waals surface area (Å²) in [5.41, 5.74) is -1.08. The van der Waals surface area contributed by atoms with E-state index in [1.807, 2.05) is 0 Å². The predicted octanol–water partition coefficient (Wildman–Crippen LogP) is 0.513. The van der Waals surface area contributed by atoms with Crippen LogP contribution in [0.1, 0.15) is 30.3 Å². The summed E-state index contributed by atoms with van der Waals surface area (Å²) < 4.78 is 30.4. The van der Waals surface area contributed by atoms with Gasteiger partial charge in [-0.1, -0.05) is 0 Å². The minimum atomic E-state index is -3.90. The first-order chi connectivity index (χ1) is 8.72. The van der Waals surface area contributed by atoms with Gasteiger partial charge in [0.05, 0.1) is 5.60 Å². The lowest BCUT2D eigenvalue weighted by molar-refractivity contribution is 0.00901. The van der Waals surface area contributed by atoms with Crippen molar-refractivity contribution in [2.75, 3.05) is 13.1 Å². The molecular weight excluding hydrogens is 274 g/mol. The number of hydrogen-bond acceptors (Lipinski definition) is 5. The van der Waals surface area contributed by atoms with E-state index >= 15 is 0 Å². The van der Waals surface area contributed by atoms with E-state index in [0.717, 1.165) is 16.4 Å². The summed E-state index contributed by atoms with van der Waals surface area (Å²) in [5, 5.41) is 18.2. The summed E-state index contributed by atoms with van der Waals surface area (Å²) in [6.45, 7) is 1.82. The van der Waals surface area contributed by atoms with E-state index in [2.05, 4.69) is 0 Å². The molecule has 2 heterocycles. The number of rotatable bonds is 3. The molecule has 1 aromatic rings. The second-order valence-corrected chi connectivity index (χ2v) is 6.73. The average Bonchev–Trinajstić information content (AvgIpc) is 2.77. The summed E-state index contributed by atoms with van der Waals surface area (Å²) in [4.78, 5) is 10.7. The van der Waals surface area contributed by atoms with Gasteiger partial charge in [-0.25, -0.2) is 13.2 Å². The number of carboxylic acids is 1. The van der Waals surface area contributed by atoms with Gasteiger partial charge in [0.1, 0.15) is 0 Å². The molecule has 7 nitrogen and oxygen atoms in total. The summed E-state index contributed by atoms with van der Waals surface area (Å²) >= 11 is 0. The molecule has 1 saturated heterocycles. The summed E-state index contributed by atoms with van der Waals surface area (Å²) in [6, 6.07) is 2.21. The molecule has 1 atom stereocenters. The normalized spacial score (nSPS) is 25.4. The van der Waals surface area contributed by atoms with Crippen molar-refractivity contribution >= 4 is 16.0 Å². The molecule has 2 N–H and O–H groups in total. The molecule has 0 bridgehead atoms. The van der Waals surface area contributed by atoms with Crippen LogP contribution >= 0.6 is 0 Å². The Balaban J connectivity index is 2.28. The van der Waals surface area contributed by atoms with Gasteiger partial charge in [0, 0.05) is 13.1 Å². The standard InChI is InChI=1S/C11H15NO6S/c1-11(15)5-2-6-12(7-11)19(16,17)9-4-3-8(18-9)10(13)14/h3-4,15H,2,5-7H2,1H3,(H,13,14). The van der Waals surface area contributed by atoms with Crippen LogP contribution in [0.25, 0.3) is 0 Å². The minimum Gasteiger partial charge on any atom is -0.475 e. The molecule has 0 saturated carbocycles. The van der Waals surface area contributed by atoms with Gasteiger partial charge in [-0.15, -0.1) is 0 Å². The lowest BCUT2D eigenvalue weighted by Crippen LogP contribution is -2.48. The van der Waals surface area contributed by atoms with E-state index in [1.165, 1.54) is 0 Å². The zero-order valence-electron chi connectivity index (χ0n) is 10.4. The largest absolute Gasteiger partial charge is 0.475 e. The third-order valence-electron chi connectivity index (χ3n) is 3.03. The molecule has 8 heteroatoms. The van der Waals surface area contributed by atoms with Gasteiger partial charge in [0.2, 0.25) is 10.9 Å². The van der Waals surface area contributed by atoms with Crippen LogP contribution in [0.5, 0.6) is 0 Å². The van der Waals surface area contributed by atoms with Crippen molar-refractivity contribution in [2.24, 2.45) is 0 Å². The van der Waals surface area contributed by atoms with Crippen molar-refractivity contribution in [3.63, 3.8) is 0 Å². The molecule has 106 valence electrons. The number of furan rings is 1. The number of aromatic carboxylic acids is 1. The highest BCUT2D eigenvalue weighted by Gasteiger charge is 2.37. The van der Waals surface area contributed by atoms with Crippen LogP contribution in [0.3, 0.4) is 0 Å². The number of piperidine rings is 1. The van der Waals surface area contributed by atoms with Crippen molar-refractivity contribution in [1.82, 2.24) is 4.31 Å². The summed E-state index contributed by atoms with van der Waals surface area (Å²) in [6.07, 6.45) is 1.07. The van der Waals surface area contributed by atoms with Crippen molar-refractivity contribution in [3.05, 3.63) is 17.9 Å². The highest BCUT2D eigenvalue weighted by Crippen LogP contribution is 2.26. The Morgan fingerprint density at radius 2 is 2.16 bits per heavy atom. The molecule has 1 aliphatic heterocycles. The third kappa shape index (κ3) is 2.80. The maximum atomic E-state index is 12.2. The van der Waals surface area contributed by atoms with Crippen LogP contribution < -0.4 is 0 Å². The maximum Gasteiger partial charge on any atom is 0.371 e. The zero-order valence-corrected chi connectivity index (χ0v) is 11.2. The second kappa shape index (κ2) is 4.62. The average molecular weight is 289 g/mol. The molecule has 0 spiro atoms. The number of hydrogen-bond donors (Lipinski definition) is 2. The lowest BCUT2D eigenvalue weighted by atomic mass is 9.97. The highest BCUT2D eigenvalue weighted by molar-refractivity contribution is 7.89. The van der Waals surface area contributed by atoms with Gasteiger partial charge in [-0.05, 0) is 31.9 Å². The first kappa shape index (κ1) is 14.0. The number of sulfonamides is 1. The van der Waals surface area contributed by atoms with Gasteiger partial charge in [-0.2, -0.15) is 4.31 Å². The van der Waals surface area contributed by atoms with Crippen molar-refractivity contribution in [1.29, 1.82) is 0 Å². The Labute approximate surface area is 110 Å². The van der Waals surface area contributed by atoms with Crippen molar-refractivity contribution in [2.45, 2.75) is 30.5 Å². The quantitative estimate of drug-likeness (QED) is 0.839. The number of carboxylic acid groups (broad SMARTS) is 1. The van der Waals surface area contributed by atoms with Gasteiger partial charge < -0.3 is 14.6 Å². The van der Waals surface area contributed by atoms with Crippen LogP contribution in [0.2, 0.25) is 0 Å². The van der Waals surface area contributed by atoms with E-state index in [9.17, 15) is 18.3 Å². The van der Waals surface area contributed by atoms with Gasteiger partial charge in [0.25, 0.3) is 10.0 Å². The van der Waals surface area contributed by atoms with Crippen molar-refractivity contribution in [3.8, 4) is 0 Å². The molecule has 1 fully saturated rings. The first-order valence-corrected chi connectivity index (χ1v) is 7.22. The highest BCUT2D eigenvalue weighted by atomic mass is 32.2. The summed E-state index contributed by atoms with van der Waals surface area (Å²) in [7, 11) is -3.90. The Bertz CT molecular complexity index is 588. The van der Waals surface area contributed by atoms with E-state index in [-0.39, 0.29) is 13.1 Å². The molecule has 1 unspecified atom stereocenters. The van der Waals surface area contributed by atoms with Crippen LogP contribution in [-0.4, -0.2) is 47.6 Å². The lowest BCUT2D eigenvalue weighted by Gasteiger charge is -2.35. The molecule has 0 amide bonds. The van der Waals surface area contributed by atoms with Crippen LogP contribution in [0.15, 0.2) is 21.6 Å². The van der Waals surface area contributed by atoms with E-state index < -0.39 is 32.4 Å². The third-order valence-corrected chi connectivity index (χ3v) is 4.75. The fraction of sp³-hybridized carbons (Fsp3) is 0.545. The molecule has 2 rings (SSSR count). The molecule has 1 aliphatic rings. The first-order valence-electron chi connectivity index (χ1n) is 5.78. The topological polar surface area (TPSA) is 108 Å². The Morgan fingerprint density at radius 1 is 1.47 bits per heavy atom. The van der Waals surface area contributed by atoms with Crippen LogP contribution in [-0.2, 0) is 10.0 Å². The van der Waals surface area contributed by atoms with Crippen LogP contribution in [0.4, 0.5) is 0 Å². The number of β-amino-alcohol motifs (C(OH)–C–C–N with tert-alkyl or cyclic N) is 1. The molecule has 1 aromatic heterocycles. The Kier molecular flexibility index (Phi) is 3.41. The number of nitrogens with zero attached hydrogens (tertiary/aromatic N) is 1. The zero-order chi connectivity index (χ0) is 14.3. The number of aliphatic hydroxyl groups is 1. The fourth-order valence-corrected chi connectivity index (χ4v) is 3.59.